The highest BCUT2D eigenvalue weighted by molar-refractivity contribution is 5.95. The van der Waals surface area contributed by atoms with Gasteiger partial charge in [0.05, 0.1) is 18.5 Å². The Morgan fingerprint density at radius 2 is 2.38 bits per heavy atom. The van der Waals surface area contributed by atoms with Crippen LogP contribution in [0.3, 0.4) is 0 Å². The fourth-order valence-electron chi connectivity index (χ4n) is 2.23. The van der Waals surface area contributed by atoms with E-state index in [1.165, 1.54) is 11.6 Å². The molecule has 0 aromatic rings. The first-order valence-electron chi connectivity index (χ1n) is 6.88. The molecule has 0 aliphatic heterocycles. The molecule has 21 heavy (non-hydrogen) atoms. The van der Waals surface area contributed by atoms with Crippen LogP contribution in [-0.4, -0.2) is 23.7 Å². The molecule has 5 heteroatoms. The van der Waals surface area contributed by atoms with E-state index in [2.05, 4.69) is 18.0 Å². The summed E-state index contributed by atoms with van der Waals surface area (Å²) in [4.78, 5) is 11.9. The van der Waals surface area contributed by atoms with Gasteiger partial charge in [0.1, 0.15) is 5.76 Å². The monoisotopic (exact) mass is 288 g/mol. The molecule has 1 unspecified atom stereocenters. The lowest BCUT2D eigenvalue weighted by Crippen LogP contribution is -2.30. The molecule has 0 aromatic heterocycles. The van der Waals surface area contributed by atoms with Crippen LogP contribution in [0.4, 0.5) is 0 Å². The quantitative estimate of drug-likeness (QED) is 0.722. The Bertz CT molecular complexity index is 556. The third-order valence-electron chi connectivity index (χ3n) is 3.25. The number of aliphatic hydroxyl groups excluding tert-OH is 1. The van der Waals surface area contributed by atoms with Crippen molar-refractivity contribution < 1.29 is 14.6 Å². The zero-order valence-corrected chi connectivity index (χ0v) is 11.8. The van der Waals surface area contributed by atoms with E-state index in [1.807, 2.05) is 12.2 Å². The van der Waals surface area contributed by atoms with Gasteiger partial charge in [0.25, 0.3) is 5.91 Å². The number of nitrogens with one attached hydrogen (secondary N) is 1. The molecule has 2 rings (SSSR count). The maximum atomic E-state index is 11.9. The molecule has 0 saturated heterocycles. The minimum atomic E-state index is -0.365. The predicted molar refractivity (Wildman–Crippen MR) is 81.1 cm³/mol. The average Bonchev–Trinajstić information content (AvgIpc) is 2.45. The van der Waals surface area contributed by atoms with Gasteiger partial charge in [-0.1, -0.05) is 24.8 Å². The van der Waals surface area contributed by atoms with Crippen LogP contribution < -0.4 is 11.1 Å². The van der Waals surface area contributed by atoms with E-state index in [9.17, 15) is 9.90 Å². The average molecular weight is 288 g/mol. The molecule has 5 nitrogen and oxygen atoms in total. The number of allylic oxidation sites excluding steroid dienone is 4. The van der Waals surface area contributed by atoms with Crippen LogP contribution in [0.5, 0.6) is 0 Å². The third kappa shape index (κ3) is 4.65. The van der Waals surface area contributed by atoms with E-state index in [0.717, 1.165) is 12.8 Å². The predicted octanol–water partition coefficient (Wildman–Crippen LogP) is 1.97. The molecule has 0 spiro atoms. The van der Waals surface area contributed by atoms with Crippen LogP contribution in [0.2, 0.25) is 0 Å². The van der Waals surface area contributed by atoms with Crippen LogP contribution in [0.1, 0.15) is 19.3 Å². The van der Waals surface area contributed by atoms with Crippen LogP contribution in [-0.2, 0) is 9.53 Å². The van der Waals surface area contributed by atoms with Crippen LogP contribution >= 0.6 is 0 Å². The highest BCUT2D eigenvalue weighted by atomic mass is 16.5. The number of aliphatic hydroxyl groups is 1. The normalized spacial score (nSPS) is 21.1. The van der Waals surface area contributed by atoms with Crippen LogP contribution in [0.15, 0.2) is 59.7 Å². The SMILES string of the molecule is C=C(N)NC(=O)C1=CC(O)=CC(OCC2=CC=CCC2)C1. The Morgan fingerprint density at radius 3 is 3.05 bits per heavy atom. The van der Waals surface area contributed by atoms with E-state index in [0.29, 0.717) is 18.6 Å². The summed E-state index contributed by atoms with van der Waals surface area (Å²) < 4.78 is 5.77. The van der Waals surface area contributed by atoms with Gasteiger partial charge >= 0.3 is 0 Å². The first kappa shape index (κ1) is 15.1. The maximum Gasteiger partial charge on any atom is 0.252 e. The molecule has 112 valence electrons. The smallest absolute Gasteiger partial charge is 0.252 e. The zero-order valence-electron chi connectivity index (χ0n) is 11.8. The van der Waals surface area contributed by atoms with Gasteiger partial charge in [0.2, 0.25) is 0 Å². The van der Waals surface area contributed by atoms with Crippen molar-refractivity contribution in [2.45, 2.75) is 25.4 Å². The zero-order chi connectivity index (χ0) is 15.2. The minimum absolute atomic E-state index is 0.0246. The summed E-state index contributed by atoms with van der Waals surface area (Å²) in [5, 5.41) is 12.1. The Balaban J connectivity index is 1.92. The topological polar surface area (TPSA) is 84.6 Å². The summed E-state index contributed by atoms with van der Waals surface area (Å²) in [7, 11) is 0. The van der Waals surface area contributed by atoms with Gasteiger partial charge in [-0.15, -0.1) is 0 Å². The second kappa shape index (κ2) is 6.95. The van der Waals surface area contributed by atoms with Gasteiger partial charge in [0, 0.05) is 12.0 Å². The second-order valence-electron chi connectivity index (χ2n) is 5.09. The standard InChI is InChI=1S/C16H20N2O3/c1-11(17)18-16(20)13-7-14(19)9-15(8-13)21-10-12-5-3-2-4-6-12/h2-3,5,7,9,15,19H,1,4,6,8,10,17H2,(H,18,20). The lowest BCUT2D eigenvalue weighted by atomic mass is 10.0. The number of rotatable bonds is 5. The van der Waals surface area contributed by atoms with Gasteiger partial charge in [-0.25, -0.2) is 0 Å². The first-order chi connectivity index (χ1) is 10.0. The summed E-state index contributed by atoms with van der Waals surface area (Å²) in [5.74, 6) is -0.265. The summed E-state index contributed by atoms with van der Waals surface area (Å²) in [6, 6.07) is 0. The van der Waals surface area contributed by atoms with Crippen molar-refractivity contribution in [2.75, 3.05) is 6.61 Å². The van der Waals surface area contributed by atoms with Crippen molar-refractivity contribution in [1.29, 1.82) is 0 Å². The molecule has 2 aliphatic carbocycles. The lowest BCUT2D eigenvalue weighted by Gasteiger charge is -2.21. The largest absolute Gasteiger partial charge is 0.508 e. The Kier molecular flexibility index (Phi) is 5.00. The molecule has 1 atom stereocenters. The molecule has 0 aromatic carbocycles. The van der Waals surface area contributed by atoms with Gasteiger partial charge < -0.3 is 20.9 Å². The second-order valence-corrected chi connectivity index (χ2v) is 5.09. The number of ether oxygens (including phenoxy) is 1. The van der Waals surface area contributed by atoms with Crippen molar-refractivity contribution in [1.82, 2.24) is 5.32 Å². The molecule has 0 saturated carbocycles. The van der Waals surface area contributed by atoms with Crippen molar-refractivity contribution in [3.05, 3.63) is 59.7 Å². The van der Waals surface area contributed by atoms with E-state index >= 15 is 0 Å². The number of hydrogen-bond acceptors (Lipinski definition) is 4. The molecule has 1 amide bonds. The molecule has 0 radical (unpaired) electrons. The van der Waals surface area contributed by atoms with Gasteiger partial charge in [-0.2, -0.15) is 0 Å². The van der Waals surface area contributed by atoms with Crippen molar-refractivity contribution in [2.24, 2.45) is 5.73 Å². The number of nitrogens with two attached hydrogens (primary N) is 1. The summed E-state index contributed by atoms with van der Waals surface area (Å²) in [6.07, 6.45) is 11.3. The summed E-state index contributed by atoms with van der Waals surface area (Å²) >= 11 is 0. The Labute approximate surface area is 124 Å². The van der Waals surface area contributed by atoms with E-state index in [-0.39, 0.29) is 23.6 Å². The Hall–Kier alpha value is -2.27. The first-order valence-corrected chi connectivity index (χ1v) is 6.88. The van der Waals surface area contributed by atoms with Crippen molar-refractivity contribution in [3.8, 4) is 0 Å². The van der Waals surface area contributed by atoms with Crippen molar-refractivity contribution >= 4 is 5.91 Å². The molecule has 0 heterocycles. The third-order valence-corrected chi connectivity index (χ3v) is 3.25. The molecule has 0 fully saturated rings. The maximum absolute atomic E-state index is 11.9. The highest BCUT2D eigenvalue weighted by Crippen LogP contribution is 2.21. The van der Waals surface area contributed by atoms with Gasteiger partial charge in [-0.3, -0.25) is 4.79 Å². The summed E-state index contributed by atoms with van der Waals surface area (Å²) in [5.41, 5.74) is 6.98. The van der Waals surface area contributed by atoms with Gasteiger partial charge in [0.15, 0.2) is 0 Å². The fraction of sp³-hybridized carbons (Fsp3) is 0.312. The van der Waals surface area contributed by atoms with E-state index in [4.69, 9.17) is 10.5 Å². The van der Waals surface area contributed by atoms with Crippen LogP contribution in [0, 0.1) is 0 Å². The van der Waals surface area contributed by atoms with Crippen LogP contribution in [0.25, 0.3) is 0 Å². The number of carbonyl (C=O) groups is 1. The molecule has 2 aliphatic rings. The Morgan fingerprint density at radius 1 is 1.57 bits per heavy atom. The number of amides is 1. The van der Waals surface area contributed by atoms with E-state index in [1.54, 1.807) is 6.08 Å². The highest BCUT2D eigenvalue weighted by Gasteiger charge is 2.21. The number of hydrogen-bond donors (Lipinski definition) is 3. The summed E-state index contributed by atoms with van der Waals surface area (Å²) in [6.45, 7) is 3.92. The minimum Gasteiger partial charge on any atom is -0.508 e. The molecule has 4 N–H and O–H groups in total. The molecule has 0 bridgehead atoms. The molecular weight excluding hydrogens is 268 g/mol. The van der Waals surface area contributed by atoms with Gasteiger partial charge in [-0.05, 0) is 30.6 Å². The lowest BCUT2D eigenvalue weighted by molar-refractivity contribution is -0.117. The van der Waals surface area contributed by atoms with Crippen molar-refractivity contribution in [3.63, 3.8) is 0 Å². The van der Waals surface area contributed by atoms with E-state index < -0.39 is 0 Å². The fourth-order valence-corrected chi connectivity index (χ4v) is 2.23. The molecular formula is C16H20N2O3. The number of carbonyl (C=O) groups excluding carboxylic acids is 1.